The van der Waals surface area contributed by atoms with Gasteiger partial charge in [-0.25, -0.2) is 0 Å². The molecule has 0 rings (SSSR count). The normalized spacial score (nSPS) is 11.2. The zero-order valence-corrected chi connectivity index (χ0v) is 5.18. The lowest BCUT2D eigenvalue weighted by Gasteiger charge is -1.76. The molecular weight excluding hydrogens is 100 g/mol. The van der Waals surface area contributed by atoms with Crippen LogP contribution in [0.1, 0.15) is 13.8 Å². The summed E-state index contributed by atoms with van der Waals surface area (Å²) in [6.45, 7) is 3.55. The van der Waals surface area contributed by atoms with Crippen molar-refractivity contribution in [3.8, 4) is 0 Å². The fraction of sp³-hybridized carbons (Fsp3) is 0.333. The van der Waals surface area contributed by atoms with Crippen LogP contribution in [-0.4, -0.2) is 11.9 Å². The molecule has 2 heteroatoms. The fourth-order valence-corrected chi connectivity index (χ4v) is 0.241. The number of nitrogens with one attached hydrogen (secondary N) is 1. The molecule has 0 fully saturated rings. The molecule has 0 saturated carbocycles. The van der Waals surface area contributed by atoms with Gasteiger partial charge in [-0.3, -0.25) is 4.99 Å². The predicted molar refractivity (Wildman–Crippen MR) is 36.7 cm³/mol. The third-order valence-electron chi connectivity index (χ3n) is 0.560. The highest BCUT2D eigenvalue weighted by atomic mass is 14.6. The van der Waals surface area contributed by atoms with E-state index in [-0.39, 0.29) is 0 Å². The Balaban J connectivity index is 3.50. The van der Waals surface area contributed by atoms with Gasteiger partial charge in [-0.15, -0.1) is 0 Å². The molecule has 0 aliphatic carbocycles. The van der Waals surface area contributed by atoms with Crippen LogP contribution in [0.5, 0.6) is 0 Å². The standard InChI is InChI=1S/C6H10N2/c1-3-8-5-4-6(2)7/h3-5,7H,1-2H3/b5-4-,7-6?,8-3?. The van der Waals surface area contributed by atoms with Crippen molar-refractivity contribution in [1.82, 2.24) is 0 Å². The molecule has 0 aliphatic rings. The van der Waals surface area contributed by atoms with Crippen LogP contribution < -0.4 is 0 Å². The lowest BCUT2D eigenvalue weighted by Crippen LogP contribution is -1.75. The maximum absolute atomic E-state index is 6.91. The van der Waals surface area contributed by atoms with E-state index >= 15 is 0 Å². The molecule has 0 saturated heterocycles. The Morgan fingerprint density at radius 2 is 2.25 bits per heavy atom. The summed E-state index contributed by atoms with van der Waals surface area (Å²) in [4.78, 5) is 3.77. The predicted octanol–water partition coefficient (Wildman–Crippen LogP) is 1.63. The van der Waals surface area contributed by atoms with E-state index in [9.17, 15) is 0 Å². The zero-order valence-electron chi connectivity index (χ0n) is 5.18. The Morgan fingerprint density at radius 3 is 2.62 bits per heavy atom. The number of aliphatic imine (C=N–C) groups is 1. The number of hydrogen-bond donors (Lipinski definition) is 1. The molecule has 0 unspecified atom stereocenters. The Hall–Kier alpha value is -0.920. The van der Waals surface area contributed by atoms with Crippen LogP contribution in [0.25, 0.3) is 0 Å². The van der Waals surface area contributed by atoms with Gasteiger partial charge in [0.05, 0.1) is 0 Å². The SMILES string of the molecule is CC=N/C=C\C(C)=N. The summed E-state index contributed by atoms with van der Waals surface area (Å²) in [6, 6.07) is 0. The van der Waals surface area contributed by atoms with Crippen LogP contribution in [0.15, 0.2) is 17.3 Å². The summed E-state index contributed by atoms with van der Waals surface area (Å²) in [5.74, 6) is 0. The maximum Gasteiger partial charge on any atom is 0.0298 e. The smallest absolute Gasteiger partial charge is 0.0298 e. The van der Waals surface area contributed by atoms with Crippen molar-refractivity contribution in [1.29, 1.82) is 5.41 Å². The molecule has 0 spiro atoms. The van der Waals surface area contributed by atoms with E-state index < -0.39 is 0 Å². The first-order chi connectivity index (χ1) is 3.77. The zero-order chi connectivity index (χ0) is 6.41. The van der Waals surface area contributed by atoms with E-state index in [1.165, 1.54) is 0 Å². The lowest BCUT2D eigenvalue weighted by atomic mass is 10.4. The van der Waals surface area contributed by atoms with Gasteiger partial charge in [0, 0.05) is 18.1 Å². The van der Waals surface area contributed by atoms with Crippen LogP contribution in [0.3, 0.4) is 0 Å². The van der Waals surface area contributed by atoms with Gasteiger partial charge in [0.15, 0.2) is 0 Å². The molecule has 0 aliphatic heterocycles. The van der Waals surface area contributed by atoms with Crippen molar-refractivity contribution in [2.75, 3.05) is 0 Å². The highest BCUT2D eigenvalue weighted by molar-refractivity contribution is 5.89. The summed E-state index contributed by atoms with van der Waals surface area (Å²) < 4.78 is 0. The van der Waals surface area contributed by atoms with Gasteiger partial charge < -0.3 is 5.41 Å². The van der Waals surface area contributed by atoms with Gasteiger partial charge in [-0.05, 0) is 19.9 Å². The molecule has 8 heavy (non-hydrogen) atoms. The van der Waals surface area contributed by atoms with Gasteiger partial charge in [0.1, 0.15) is 0 Å². The molecule has 0 radical (unpaired) electrons. The summed E-state index contributed by atoms with van der Waals surface area (Å²) in [7, 11) is 0. The van der Waals surface area contributed by atoms with Gasteiger partial charge in [0.25, 0.3) is 0 Å². The molecule has 1 N–H and O–H groups in total. The summed E-state index contributed by atoms with van der Waals surface area (Å²) in [5.41, 5.74) is 0.524. The fourth-order valence-electron chi connectivity index (χ4n) is 0.241. The molecule has 0 atom stereocenters. The van der Waals surface area contributed by atoms with E-state index in [0.717, 1.165) is 0 Å². The van der Waals surface area contributed by atoms with Crippen LogP contribution in [0.2, 0.25) is 0 Å². The second-order valence-corrected chi connectivity index (χ2v) is 1.41. The number of rotatable bonds is 2. The largest absolute Gasteiger partial charge is 0.306 e. The molecule has 44 valence electrons. The lowest BCUT2D eigenvalue weighted by molar-refractivity contribution is 1.48. The minimum absolute atomic E-state index is 0.524. The van der Waals surface area contributed by atoms with Crippen LogP contribution >= 0.6 is 0 Å². The van der Waals surface area contributed by atoms with Gasteiger partial charge in [-0.1, -0.05) is 0 Å². The molecule has 0 aromatic heterocycles. The number of nitrogens with zero attached hydrogens (tertiary/aromatic N) is 1. The first-order valence-electron chi connectivity index (χ1n) is 2.47. The molecule has 0 amide bonds. The van der Waals surface area contributed by atoms with Crippen molar-refractivity contribution in [2.45, 2.75) is 13.8 Å². The average Bonchev–Trinajstić information content (AvgIpc) is 1.66. The Labute approximate surface area is 49.5 Å². The minimum Gasteiger partial charge on any atom is -0.306 e. The quantitative estimate of drug-likeness (QED) is 0.524. The summed E-state index contributed by atoms with van der Waals surface area (Å²) in [5, 5.41) is 6.91. The first kappa shape index (κ1) is 7.08. The highest BCUT2D eigenvalue weighted by Crippen LogP contribution is 1.74. The summed E-state index contributed by atoms with van der Waals surface area (Å²) >= 11 is 0. The second-order valence-electron chi connectivity index (χ2n) is 1.41. The average molecular weight is 110 g/mol. The van der Waals surface area contributed by atoms with Crippen molar-refractivity contribution in [3.05, 3.63) is 12.3 Å². The highest BCUT2D eigenvalue weighted by Gasteiger charge is 1.69. The molecule has 0 heterocycles. The van der Waals surface area contributed by atoms with Crippen molar-refractivity contribution in [2.24, 2.45) is 4.99 Å². The van der Waals surface area contributed by atoms with Crippen molar-refractivity contribution < 1.29 is 0 Å². The van der Waals surface area contributed by atoms with E-state index in [1.54, 1.807) is 25.4 Å². The van der Waals surface area contributed by atoms with Gasteiger partial charge in [0.2, 0.25) is 0 Å². The van der Waals surface area contributed by atoms with Crippen LogP contribution in [-0.2, 0) is 0 Å². The molecule has 0 aromatic rings. The first-order valence-corrected chi connectivity index (χ1v) is 2.47. The number of allylic oxidation sites excluding steroid dienone is 1. The maximum atomic E-state index is 6.91. The third-order valence-corrected chi connectivity index (χ3v) is 0.560. The second kappa shape index (κ2) is 4.24. The molecular formula is C6H10N2. The van der Waals surface area contributed by atoms with E-state index in [0.29, 0.717) is 5.71 Å². The van der Waals surface area contributed by atoms with E-state index in [1.807, 2.05) is 6.92 Å². The number of hydrogen-bond acceptors (Lipinski definition) is 2. The molecule has 2 nitrogen and oxygen atoms in total. The Kier molecular flexibility index (Phi) is 3.76. The van der Waals surface area contributed by atoms with Gasteiger partial charge >= 0.3 is 0 Å². The van der Waals surface area contributed by atoms with Gasteiger partial charge in [-0.2, -0.15) is 0 Å². The van der Waals surface area contributed by atoms with Crippen molar-refractivity contribution in [3.63, 3.8) is 0 Å². The van der Waals surface area contributed by atoms with Crippen molar-refractivity contribution >= 4 is 11.9 Å². The Morgan fingerprint density at radius 1 is 1.62 bits per heavy atom. The van der Waals surface area contributed by atoms with E-state index in [4.69, 9.17) is 5.41 Å². The molecule has 0 bridgehead atoms. The third kappa shape index (κ3) is 5.08. The monoisotopic (exact) mass is 110 g/mol. The van der Waals surface area contributed by atoms with E-state index in [2.05, 4.69) is 4.99 Å². The minimum atomic E-state index is 0.524. The van der Waals surface area contributed by atoms with Crippen LogP contribution in [0.4, 0.5) is 0 Å². The topological polar surface area (TPSA) is 36.2 Å². The Bertz CT molecular complexity index is 122. The summed E-state index contributed by atoms with van der Waals surface area (Å²) in [6.07, 6.45) is 4.92. The van der Waals surface area contributed by atoms with Crippen LogP contribution in [0, 0.1) is 5.41 Å². The molecule has 0 aromatic carbocycles.